The van der Waals surface area contributed by atoms with Gasteiger partial charge >= 0.3 is 5.97 Å². The van der Waals surface area contributed by atoms with Gasteiger partial charge in [-0.1, -0.05) is 26.7 Å². The van der Waals surface area contributed by atoms with Gasteiger partial charge in [0, 0.05) is 37.6 Å². The minimum absolute atomic E-state index is 0.0716. The van der Waals surface area contributed by atoms with Crippen LogP contribution in [0.1, 0.15) is 78.1 Å². The number of hydrogen-bond acceptors (Lipinski definition) is 8. The fourth-order valence-electron chi connectivity index (χ4n) is 4.30. The minimum Gasteiger partial charge on any atom is -0.481 e. The summed E-state index contributed by atoms with van der Waals surface area (Å²) in [5, 5.41) is 14.9. The number of carbonyl (C=O) groups is 5. The third-order valence-electron chi connectivity index (χ3n) is 6.98. The number of ketones is 2. The number of nitrogens with two attached hydrogens (primary N) is 4. The lowest BCUT2D eigenvalue weighted by Gasteiger charge is -2.25. The van der Waals surface area contributed by atoms with Crippen molar-refractivity contribution >= 4 is 35.3 Å². The Labute approximate surface area is 231 Å². The van der Waals surface area contributed by atoms with Gasteiger partial charge in [-0.2, -0.15) is 0 Å². The van der Waals surface area contributed by atoms with Crippen molar-refractivity contribution in [3.05, 3.63) is 0 Å². The maximum Gasteiger partial charge on any atom is 0.303 e. The molecule has 0 aliphatic carbocycles. The van der Waals surface area contributed by atoms with Crippen LogP contribution in [0.25, 0.3) is 0 Å². The average molecular weight is 556 g/mol. The molecule has 0 rings (SSSR count). The minimum atomic E-state index is -1.10. The van der Waals surface area contributed by atoms with E-state index in [1.54, 1.807) is 7.05 Å². The number of rotatable bonds is 23. The van der Waals surface area contributed by atoms with E-state index in [0.717, 1.165) is 12.8 Å². The topological polar surface area (TPSA) is 246 Å². The van der Waals surface area contributed by atoms with Crippen LogP contribution in [0, 0.1) is 17.8 Å². The number of carboxylic acid groups (broad SMARTS) is 1. The molecule has 0 bridgehead atoms. The van der Waals surface area contributed by atoms with Gasteiger partial charge in [0.25, 0.3) is 0 Å². The normalized spacial score (nSPS) is 14.9. The zero-order chi connectivity index (χ0) is 30.0. The molecule has 0 aromatic carbocycles. The summed E-state index contributed by atoms with van der Waals surface area (Å²) in [5.74, 6) is -4.79. The molecule has 0 spiro atoms. The first-order valence-electron chi connectivity index (χ1n) is 13.7. The molecular formula is C26H49N7O6. The summed E-state index contributed by atoms with van der Waals surface area (Å²) in [5.41, 5.74) is 21.8. The molecule has 0 saturated carbocycles. The summed E-state index contributed by atoms with van der Waals surface area (Å²) in [7, 11) is 1.65. The molecule has 5 atom stereocenters. The molecule has 0 fully saturated rings. The molecule has 2 amide bonds. The standard InChI is InChI=1S/C26H49N7O6/c1-4-16(2)18(24(28)38)15-22(35)20(9-7-13-32-26(29)30)33-25(39)17(10-11-23(36)37)14-21(34)19(31-3)8-5-6-12-27/h16-20,31H,4-15,27H2,1-3H3,(H2,28,38)(H,33,39)(H,36,37)(H4,29,30,32)/t16-,17+,18-,19-,20-/m0/s1. The second-order valence-electron chi connectivity index (χ2n) is 10.0. The Balaban J connectivity index is 5.78. The molecule has 0 aromatic rings. The van der Waals surface area contributed by atoms with Gasteiger partial charge in [0.05, 0.1) is 12.1 Å². The highest BCUT2D eigenvalue weighted by molar-refractivity contribution is 5.94. The third-order valence-corrected chi connectivity index (χ3v) is 6.98. The number of likely N-dealkylation sites (N-methyl/N-ethyl adjacent to an activating group) is 1. The number of nitrogens with zero attached hydrogens (tertiary/aromatic N) is 1. The van der Waals surface area contributed by atoms with Crippen molar-refractivity contribution in [3.63, 3.8) is 0 Å². The van der Waals surface area contributed by atoms with Crippen LogP contribution in [0.3, 0.4) is 0 Å². The van der Waals surface area contributed by atoms with Gasteiger partial charge in [-0.25, -0.2) is 0 Å². The van der Waals surface area contributed by atoms with Crippen molar-refractivity contribution in [1.82, 2.24) is 10.6 Å². The number of unbranched alkanes of at least 4 members (excludes halogenated alkanes) is 1. The zero-order valence-electron chi connectivity index (χ0n) is 23.6. The SMILES string of the molecule is CC[C@H](C)[C@H](CC(=O)[C@H](CCCN=C(N)N)NC(=O)[C@H](CCC(=O)O)CC(=O)[C@H](CCCCN)NC)C(N)=O. The molecule has 0 heterocycles. The largest absolute Gasteiger partial charge is 0.481 e. The van der Waals surface area contributed by atoms with Crippen molar-refractivity contribution in [3.8, 4) is 0 Å². The predicted molar refractivity (Wildman–Crippen MR) is 149 cm³/mol. The maximum atomic E-state index is 13.3. The predicted octanol–water partition coefficient (Wildman–Crippen LogP) is -0.211. The number of guanidine groups is 1. The number of nitrogens with one attached hydrogen (secondary N) is 2. The third kappa shape index (κ3) is 15.2. The smallest absolute Gasteiger partial charge is 0.303 e. The maximum absolute atomic E-state index is 13.3. The van der Waals surface area contributed by atoms with Gasteiger partial charge in [-0.15, -0.1) is 0 Å². The zero-order valence-corrected chi connectivity index (χ0v) is 23.6. The lowest BCUT2D eigenvalue weighted by atomic mass is 9.84. The molecule has 11 N–H and O–H groups in total. The molecule has 0 aromatic heterocycles. The first-order valence-corrected chi connectivity index (χ1v) is 13.7. The van der Waals surface area contributed by atoms with Crippen molar-refractivity contribution in [2.45, 2.75) is 90.1 Å². The number of carboxylic acids is 1. The van der Waals surface area contributed by atoms with Gasteiger partial charge < -0.3 is 38.7 Å². The van der Waals surface area contributed by atoms with Crippen LogP contribution in [0.2, 0.25) is 0 Å². The Morgan fingerprint density at radius 2 is 1.51 bits per heavy atom. The van der Waals surface area contributed by atoms with E-state index in [0.29, 0.717) is 25.8 Å². The average Bonchev–Trinajstić information content (AvgIpc) is 2.87. The Morgan fingerprint density at radius 1 is 0.897 bits per heavy atom. The fourth-order valence-corrected chi connectivity index (χ4v) is 4.30. The van der Waals surface area contributed by atoms with Gasteiger partial charge in [0.1, 0.15) is 0 Å². The lowest BCUT2D eigenvalue weighted by molar-refractivity contribution is -0.139. The highest BCUT2D eigenvalue weighted by Crippen LogP contribution is 2.22. The van der Waals surface area contributed by atoms with E-state index < -0.39 is 41.7 Å². The van der Waals surface area contributed by atoms with E-state index >= 15 is 0 Å². The molecule has 39 heavy (non-hydrogen) atoms. The van der Waals surface area contributed by atoms with E-state index in [1.807, 2.05) is 13.8 Å². The van der Waals surface area contributed by atoms with Crippen LogP contribution < -0.4 is 33.6 Å². The van der Waals surface area contributed by atoms with Crippen molar-refractivity contribution in [2.75, 3.05) is 20.1 Å². The first kappa shape index (κ1) is 35.9. The molecule has 0 aliphatic heterocycles. The van der Waals surface area contributed by atoms with Crippen LogP contribution in [0.15, 0.2) is 4.99 Å². The van der Waals surface area contributed by atoms with E-state index in [9.17, 15) is 29.1 Å². The molecule has 13 heteroatoms. The number of aliphatic imine (C=N–C) groups is 1. The first-order chi connectivity index (χ1) is 18.4. The number of carbonyl (C=O) groups excluding carboxylic acids is 4. The van der Waals surface area contributed by atoms with Crippen LogP contribution in [0.5, 0.6) is 0 Å². The van der Waals surface area contributed by atoms with Gasteiger partial charge in [-0.3, -0.25) is 29.0 Å². The van der Waals surface area contributed by atoms with Crippen LogP contribution in [-0.2, 0) is 24.0 Å². The highest BCUT2D eigenvalue weighted by Gasteiger charge is 2.32. The van der Waals surface area contributed by atoms with Crippen molar-refractivity contribution in [2.24, 2.45) is 45.7 Å². The van der Waals surface area contributed by atoms with Gasteiger partial charge in [0.15, 0.2) is 17.5 Å². The number of primary amides is 1. The van der Waals surface area contributed by atoms with E-state index in [1.165, 1.54) is 0 Å². The van der Waals surface area contributed by atoms with Crippen molar-refractivity contribution in [1.29, 1.82) is 0 Å². The number of Topliss-reactive ketones (excluding diaryl/α,β-unsaturated/α-hetero) is 2. The van der Waals surface area contributed by atoms with Crippen LogP contribution in [0.4, 0.5) is 0 Å². The monoisotopic (exact) mass is 555 g/mol. The summed E-state index contributed by atoms with van der Waals surface area (Å²) in [6, 6.07) is -1.48. The number of hydrogen-bond donors (Lipinski definition) is 7. The molecule has 0 aliphatic rings. The van der Waals surface area contributed by atoms with E-state index in [4.69, 9.17) is 22.9 Å². The van der Waals surface area contributed by atoms with Gasteiger partial charge in [0.2, 0.25) is 11.8 Å². The quantitative estimate of drug-likeness (QED) is 0.0496. The molecule has 0 radical (unpaired) electrons. The number of amides is 2. The Hall–Kier alpha value is -3.06. The number of aliphatic carboxylic acids is 1. The summed E-state index contributed by atoms with van der Waals surface area (Å²) in [4.78, 5) is 66.7. The Morgan fingerprint density at radius 3 is 2.03 bits per heavy atom. The lowest BCUT2D eigenvalue weighted by Crippen LogP contribution is -2.46. The summed E-state index contributed by atoms with van der Waals surface area (Å²) >= 11 is 0. The molecule has 0 saturated heterocycles. The van der Waals surface area contributed by atoms with Crippen LogP contribution >= 0.6 is 0 Å². The highest BCUT2D eigenvalue weighted by atomic mass is 16.4. The molecule has 13 nitrogen and oxygen atoms in total. The fraction of sp³-hybridized carbons (Fsp3) is 0.769. The summed E-state index contributed by atoms with van der Waals surface area (Å²) in [6.45, 7) is 4.44. The van der Waals surface area contributed by atoms with Crippen LogP contribution in [-0.4, -0.2) is 72.6 Å². The summed E-state index contributed by atoms with van der Waals surface area (Å²) < 4.78 is 0. The molecular weight excluding hydrogens is 506 g/mol. The van der Waals surface area contributed by atoms with E-state index in [2.05, 4.69) is 15.6 Å². The van der Waals surface area contributed by atoms with Crippen molar-refractivity contribution < 1.29 is 29.1 Å². The Kier molecular flexibility index (Phi) is 18.4. The second-order valence-corrected chi connectivity index (χ2v) is 10.0. The van der Waals surface area contributed by atoms with E-state index in [-0.39, 0.29) is 62.1 Å². The summed E-state index contributed by atoms with van der Waals surface area (Å²) in [6.07, 6.45) is 2.48. The Bertz CT molecular complexity index is 832. The van der Waals surface area contributed by atoms with Gasteiger partial charge in [-0.05, 0) is 51.6 Å². The molecule has 0 unspecified atom stereocenters. The molecule has 224 valence electrons. The second kappa shape index (κ2) is 19.9.